The Balaban J connectivity index is 1.85. The van der Waals surface area contributed by atoms with Crippen molar-refractivity contribution in [2.45, 2.75) is 19.4 Å². The molecular weight excluding hydrogens is 260 g/mol. The summed E-state index contributed by atoms with van der Waals surface area (Å²) in [6, 6.07) is 10.7. The van der Waals surface area contributed by atoms with Crippen molar-refractivity contribution in [3.05, 3.63) is 51.3 Å². The van der Waals surface area contributed by atoms with Gasteiger partial charge in [-0.15, -0.1) is 22.7 Å². The lowest BCUT2D eigenvalue weighted by Gasteiger charge is -2.06. The van der Waals surface area contributed by atoms with Gasteiger partial charge in [-0.05, 0) is 24.4 Å². The van der Waals surface area contributed by atoms with E-state index >= 15 is 0 Å². The Kier molecular flexibility index (Phi) is 3.16. The summed E-state index contributed by atoms with van der Waals surface area (Å²) in [6.45, 7) is 2.03. The van der Waals surface area contributed by atoms with Gasteiger partial charge in [-0.2, -0.15) is 0 Å². The number of rotatable bonds is 3. The van der Waals surface area contributed by atoms with Gasteiger partial charge in [0.2, 0.25) is 0 Å². The molecule has 3 rings (SSSR count). The van der Waals surface area contributed by atoms with Crippen molar-refractivity contribution in [2.75, 3.05) is 0 Å². The lowest BCUT2D eigenvalue weighted by Crippen LogP contribution is -2.11. The van der Waals surface area contributed by atoms with Crippen molar-refractivity contribution in [1.29, 1.82) is 0 Å². The number of hydrogen-bond acceptors (Lipinski definition) is 4. The molecule has 2 nitrogen and oxygen atoms in total. The second-order valence-corrected chi connectivity index (χ2v) is 6.53. The van der Waals surface area contributed by atoms with E-state index in [0.29, 0.717) is 0 Å². The molecule has 1 aromatic carbocycles. The lowest BCUT2D eigenvalue weighted by atomic mass is 10.1. The third kappa shape index (κ3) is 2.32. The predicted molar refractivity (Wildman–Crippen MR) is 79.3 cm³/mol. The quantitative estimate of drug-likeness (QED) is 0.786. The number of fused-ring (bicyclic) bond motifs is 1. The van der Waals surface area contributed by atoms with E-state index in [0.717, 1.165) is 17.1 Å². The van der Waals surface area contributed by atoms with Crippen LogP contribution in [0.15, 0.2) is 35.7 Å². The number of hydrogen-bond donors (Lipinski definition) is 1. The highest BCUT2D eigenvalue weighted by atomic mass is 32.1. The summed E-state index contributed by atoms with van der Waals surface area (Å²) in [6.07, 6.45) is 0.817. The number of nitrogens with zero attached hydrogens (tertiary/aromatic N) is 1. The Labute approximate surface area is 114 Å². The first-order valence-electron chi connectivity index (χ1n) is 5.87. The number of benzene rings is 1. The van der Waals surface area contributed by atoms with Gasteiger partial charge in [0.15, 0.2) is 0 Å². The van der Waals surface area contributed by atoms with E-state index in [1.54, 1.807) is 22.7 Å². The minimum Gasteiger partial charge on any atom is -0.323 e. The van der Waals surface area contributed by atoms with E-state index in [4.69, 9.17) is 5.73 Å². The zero-order valence-corrected chi connectivity index (χ0v) is 11.7. The molecule has 3 aromatic rings. The third-order valence-corrected chi connectivity index (χ3v) is 4.98. The molecule has 2 N–H and O–H groups in total. The van der Waals surface area contributed by atoms with Crippen LogP contribution in [0.5, 0.6) is 0 Å². The summed E-state index contributed by atoms with van der Waals surface area (Å²) in [7, 11) is 0. The standard InChI is InChI=1S/C14H14N2S2/c1-9-16-11(8-17-9)7-12(15)14-6-10-4-2-3-5-13(10)18-14/h2-6,8,12H,7,15H2,1H3. The number of thiazole rings is 1. The third-order valence-electron chi connectivity index (χ3n) is 2.91. The molecule has 0 saturated heterocycles. The molecule has 0 saturated carbocycles. The number of nitrogens with two attached hydrogens (primary N) is 1. The fourth-order valence-electron chi connectivity index (χ4n) is 2.01. The summed E-state index contributed by atoms with van der Waals surface area (Å²) >= 11 is 3.47. The van der Waals surface area contributed by atoms with Crippen LogP contribution in [-0.2, 0) is 6.42 Å². The Bertz CT molecular complexity index is 636. The monoisotopic (exact) mass is 274 g/mol. The van der Waals surface area contributed by atoms with Gasteiger partial charge in [0, 0.05) is 27.4 Å². The second kappa shape index (κ2) is 4.80. The Morgan fingerprint density at radius 1 is 1.33 bits per heavy atom. The van der Waals surface area contributed by atoms with Gasteiger partial charge in [0.25, 0.3) is 0 Å². The van der Waals surface area contributed by atoms with Gasteiger partial charge in [-0.1, -0.05) is 18.2 Å². The molecule has 1 unspecified atom stereocenters. The molecule has 1 atom stereocenters. The first-order chi connectivity index (χ1) is 8.72. The summed E-state index contributed by atoms with van der Waals surface area (Å²) in [5, 5.41) is 4.48. The van der Waals surface area contributed by atoms with Crippen LogP contribution in [-0.4, -0.2) is 4.98 Å². The second-order valence-electron chi connectivity index (χ2n) is 4.36. The van der Waals surface area contributed by atoms with Gasteiger partial charge in [0.1, 0.15) is 0 Å². The molecule has 0 bridgehead atoms. The normalized spacial score (nSPS) is 13.0. The SMILES string of the molecule is Cc1nc(CC(N)c2cc3ccccc3s2)cs1. The maximum Gasteiger partial charge on any atom is 0.0897 e. The van der Waals surface area contributed by atoms with Crippen molar-refractivity contribution >= 4 is 32.8 Å². The molecule has 4 heteroatoms. The van der Waals surface area contributed by atoms with Gasteiger partial charge in [0.05, 0.1) is 10.7 Å². The van der Waals surface area contributed by atoms with Crippen LogP contribution >= 0.6 is 22.7 Å². The van der Waals surface area contributed by atoms with Crippen LogP contribution < -0.4 is 5.73 Å². The minimum atomic E-state index is 0.0453. The Morgan fingerprint density at radius 2 is 2.17 bits per heavy atom. The summed E-state index contributed by atoms with van der Waals surface area (Å²) < 4.78 is 1.30. The Morgan fingerprint density at radius 3 is 2.89 bits per heavy atom. The van der Waals surface area contributed by atoms with E-state index in [2.05, 4.69) is 40.7 Å². The topological polar surface area (TPSA) is 38.9 Å². The molecule has 0 fully saturated rings. The van der Waals surface area contributed by atoms with Crippen LogP contribution in [0.3, 0.4) is 0 Å². The molecule has 18 heavy (non-hydrogen) atoms. The fourth-order valence-corrected chi connectivity index (χ4v) is 3.70. The predicted octanol–water partition coefficient (Wildman–Crippen LogP) is 3.91. The molecule has 0 aliphatic rings. The first kappa shape index (κ1) is 11.8. The lowest BCUT2D eigenvalue weighted by molar-refractivity contribution is 0.723. The molecule has 0 aliphatic carbocycles. The van der Waals surface area contributed by atoms with Crippen molar-refractivity contribution in [2.24, 2.45) is 5.73 Å². The molecular formula is C14H14N2S2. The first-order valence-corrected chi connectivity index (χ1v) is 7.57. The molecule has 0 spiro atoms. The highest BCUT2D eigenvalue weighted by Gasteiger charge is 2.12. The van der Waals surface area contributed by atoms with E-state index in [1.807, 2.05) is 6.92 Å². The molecule has 2 aromatic heterocycles. The molecule has 0 amide bonds. The number of thiophene rings is 1. The van der Waals surface area contributed by atoms with Gasteiger partial charge >= 0.3 is 0 Å². The average molecular weight is 274 g/mol. The van der Waals surface area contributed by atoms with E-state index < -0.39 is 0 Å². The highest BCUT2D eigenvalue weighted by Crippen LogP contribution is 2.30. The van der Waals surface area contributed by atoms with Crippen LogP contribution in [0.25, 0.3) is 10.1 Å². The van der Waals surface area contributed by atoms with Crippen molar-refractivity contribution in [3.63, 3.8) is 0 Å². The van der Waals surface area contributed by atoms with E-state index in [-0.39, 0.29) is 6.04 Å². The average Bonchev–Trinajstić information content (AvgIpc) is 2.95. The minimum absolute atomic E-state index is 0.0453. The van der Waals surface area contributed by atoms with Crippen molar-refractivity contribution in [1.82, 2.24) is 4.98 Å². The highest BCUT2D eigenvalue weighted by molar-refractivity contribution is 7.19. The maximum atomic E-state index is 6.28. The maximum absolute atomic E-state index is 6.28. The van der Waals surface area contributed by atoms with Gasteiger partial charge in [-0.25, -0.2) is 4.98 Å². The molecule has 2 heterocycles. The van der Waals surface area contributed by atoms with Crippen molar-refractivity contribution in [3.8, 4) is 0 Å². The number of aryl methyl sites for hydroxylation is 1. The number of aromatic nitrogens is 1. The smallest absolute Gasteiger partial charge is 0.0897 e. The Hall–Kier alpha value is -1.23. The van der Waals surface area contributed by atoms with Gasteiger partial charge < -0.3 is 5.73 Å². The fraction of sp³-hybridized carbons (Fsp3) is 0.214. The van der Waals surface area contributed by atoms with E-state index in [9.17, 15) is 0 Å². The molecule has 0 aliphatic heterocycles. The molecule has 92 valence electrons. The van der Waals surface area contributed by atoms with Crippen LogP contribution in [0.4, 0.5) is 0 Å². The summed E-state index contributed by atoms with van der Waals surface area (Å²) in [5.74, 6) is 0. The van der Waals surface area contributed by atoms with Crippen LogP contribution in [0.2, 0.25) is 0 Å². The zero-order chi connectivity index (χ0) is 12.5. The summed E-state index contributed by atoms with van der Waals surface area (Å²) in [5.41, 5.74) is 7.37. The van der Waals surface area contributed by atoms with Crippen LogP contribution in [0, 0.1) is 6.92 Å². The molecule has 0 radical (unpaired) electrons. The summed E-state index contributed by atoms with van der Waals surface area (Å²) in [4.78, 5) is 5.71. The van der Waals surface area contributed by atoms with E-state index in [1.165, 1.54) is 15.0 Å². The largest absolute Gasteiger partial charge is 0.323 e. The van der Waals surface area contributed by atoms with Crippen LogP contribution in [0.1, 0.15) is 21.6 Å². The van der Waals surface area contributed by atoms with Crippen molar-refractivity contribution < 1.29 is 0 Å². The van der Waals surface area contributed by atoms with Gasteiger partial charge in [-0.3, -0.25) is 0 Å². The zero-order valence-electron chi connectivity index (χ0n) is 10.1.